The van der Waals surface area contributed by atoms with Gasteiger partial charge in [0.15, 0.2) is 0 Å². The molecule has 0 aliphatic heterocycles. The standard InChI is InChI=1S/C21H21.3ClH.Ti/c1-16-14-17(2)20(15-16)21(3,18-10-6-4-7-11-18)19-12-8-5-9-13-19;;;;/h4-15H,1-3H3;3*1H;/q-1;;;;+4/p-3. The number of benzene rings is 2. The Bertz CT molecular complexity index is 697. The van der Waals surface area contributed by atoms with Crippen LogP contribution in [-0.2, 0) is 27.1 Å². The SMILES string of the molecule is Cc1cc(C)[c-](C(C)(c2ccccc2)c2ccccc2)c1.[Cl-].[Cl-].[Cl-].[Ti+4]. The molecule has 4 heteroatoms. The maximum Gasteiger partial charge on any atom is 4.00 e. The van der Waals surface area contributed by atoms with E-state index in [0.717, 1.165) is 0 Å². The van der Waals surface area contributed by atoms with E-state index in [0.29, 0.717) is 0 Å². The fourth-order valence-corrected chi connectivity index (χ4v) is 3.36. The van der Waals surface area contributed by atoms with Crippen LogP contribution in [0.3, 0.4) is 0 Å². The molecule has 0 amide bonds. The molecule has 0 bridgehead atoms. The summed E-state index contributed by atoms with van der Waals surface area (Å²) in [5, 5.41) is 0. The van der Waals surface area contributed by atoms with Gasteiger partial charge in [0.1, 0.15) is 0 Å². The minimum Gasteiger partial charge on any atom is -1.00 e. The molecule has 0 atom stereocenters. The fourth-order valence-electron chi connectivity index (χ4n) is 3.36. The van der Waals surface area contributed by atoms with Crippen molar-refractivity contribution in [1.82, 2.24) is 0 Å². The molecule has 0 saturated carbocycles. The summed E-state index contributed by atoms with van der Waals surface area (Å²) >= 11 is 0. The van der Waals surface area contributed by atoms with Crippen LogP contribution >= 0.6 is 0 Å². The molecule has 0 heterocycles. The summed E-state index contributed by atoms with van der Waals surface area (Å²) in [6.07, 6.45) is 0. The van der Waals surface area contributed by atoms with E-state index in [4.69, 9.17) is 0 Å². The minimum atomic E-state index is -0.110. The van der Waals surface area contributed by atoms with Gasteiger partial charge >= 0.3 is 21.7 Å². The molecular weight excluding hydrogens is 406 g/mol. The van der Waals surface area contributed by atoms with E-state index in [1.54, 1.807) is 0 Å². The first kappa shape index (κ1) is 26.6. The van der Waals surface area contributed by atoms with E-state index in [1.165, 1.54) is 27.8 Å². The van der Waals surface area contributed by atoms with Crippen LogP contribution in [0.4, 0.5) is 0 Å². The van der Waals surface area contributed by atoms with Crippen molar-refractivity contribution in [3.8, 4) is 0 Å². The van der Waals surface area contributed by atoms with Crippen molar-refractivity contribution in [2.75, 3.05) is 0 Å². The third-order valence-electron chi connectivity index (χ3n) is 4.48. The van der Waals surface area contributed by atoms with Gasteiger partial charge in [-0.2, -0.15) is 11.6 Å². The number of hydrogen-bond acceptors (Lipinski definition) is 0. The van der Waals surface area contributed by atoms with Crippen molar-refractivity contribution in [2.24, 2.45) is 0 Å². The predicted molar refractivity (Wildman–Crippen MR) is 89.9 cm³/mol. The summed E-state index contributed by atoms with van der Waals surface area (Å²) in [7, 11) is 0. The van der Waals surface area contributed by atoms with Gasteiger partial charge in [-0.15, -0.1) is 5.56 Å². The van der Waals surface area contributed by atoms with Gasteiger partial charge in [0, 0.05) is 0 Å². The van der Waals surface area contributed by atoms with Crippen LogP contribution < -0.4 is 37.2 Å². The number of hydrogen-bond donors (Lipinski definition) is 0. The Labute approximate surface area is 184 Å². The molecule has 0 aliphatic carbocycles. The van der Waals surface area contributed by atoms with Crippen LogP contribution in [0.1, 0.15) is 34.7 Å². The van der Waals surface area contributed by atoms with E-state index in [9.17, 15) is 0 Å². The second-order valence-electron chi connectivity index (χ2n) is 5.99. The van der Waals surface area contributed by atoms with Gasteiger partial charge in [0.25, 0.3) is 0 Å². The molecular formula is C21H21Cl3Ti. The van der Waals surface area contributed by atoms with Crippen molar-refractivity contribution in [3.63, 3.8) is 0 Å². The molecule has 3 aromatic carbocycles. The van der Waals surface area contributed by atoms with E-state index in [1.807, 2.05) is 0 Å². The Kier molecular flexibility index (Phi) is 11.9. The maximum atomic E-state index is 2.33. The van der Waals surface area contributed by atoms with Gasteiger partial charge in [-0.1, -0.05) is 81.4 Å². The molecule has 130 valence electrons. The molecule has 0 N–H and O–H groups in total. The van der Waals surface area contributed by atoms with Crippen LogP contribution in [0.15, 0.2) is 72.8 Å². The summed E-state index contributed by atoms with van der Waals surface area (Å²) in [6, 6.07) is 26.2. The van der Waals surface area contributed by atoms with E-state index < -0.39 is 0 Å². The molecule has 0 radical (unpaired) electrons. The van der Waals surface area contributed by atoms with Gasteiger partial charge in [-0.25, -0.2) is 11.6 Å². The van der Waals surface area contributed by atoms with E-state index in [-0.39, 0.29) is 64.4 Å². The van der Waals surface area contributed by atoms with Crippen molar-refractivity contribution in [1.29, 1.82) is 0 Å². The Morgan fingerprint density at radius 1 is 0.720 bits per heavy atom. The first-order valence-corrected chi connectivity index (χ1v) is 7.48. The smallest absolute Gasteiger partial charge is 1.00 e. The molecule has 0 saturated heterocycles. The zero-order valence-corrected chi connectivity index (χ0v) is 18.4. The van der Waals surface area contributed by atoms with Crippen LogP contribution in [0.2, 0.25) is 0 Å². The Morgan fingerprint density at radius 2 is 1.12 bits per heavy atom. The van der Waals surface area contributed by atoms with Crippen LogP contribution in [0, 0.1) is 13.8 Å². The van der Waals surface area contributed by atoms with Gasteiger partial charge < -0.3 is 37.2 Å². The molecule has 25 heavy (non-hydrogen) atoms. The molecule has 0 spiro atoms. The molecule has 0 aliphatic rings. The van der Waals surface area contributed by atoms with Gasteiger partial charge in [0.05, 0.1) is 0 Å². The monoisotopic (exact) mass is 426 g/mol. The van der Waals surface area contributed by atoms with Crippen LogP contribution in [0.25, 0.3) is 0 Å². The number of aryl methyl sites for hydroxylation is 2. The van der Waals surface area contributed by atoms with E-state index in [2.05, 4.69) is 93.6 Å². The third-order valence-corrected chi connectivity index (χ3v) is 4.48. The molecule has 0 aromatic heterocycles. The summed E-state index contributed by atoms with van der Waals surface area (Å²) in [5.41, 5.74) is 6.66. The second-order valence-corrected chi connectivity index (χ2v) is 5.99. The zero-order valence-electron chi connectivity index (χ0n) is 14.6. The number of rotatable bonds is 3. The van der Waals surface area contributed by atoms with Crippen molar-refractivity contribution in [2.45, 2.75) is 26.2 Å². The summed E-state index contributed by atoms with van der Waals surface area (Å²) in [4.78, 5) is 0. The quantitative estimate of drug-likeness (QED) is 0.299. The van der Waals surface area contributed by atoms with Crippen molar-refractivity contribution in [3.05, 3.63) is 101 Å². The Hall–Kier alpha value is -0.626. The Balaban J connectivity index is 0. The van der Waals surface area contributed by atoms with E-state index >= 15 is 0 Å². The first-order chi connectivity index (χ1) is 10.1. The third kappa shape index (κ3) is 5.19. The van der Waals surface area contributed by atoms with Crippen LogP contribution in [-0.4, -0.2) is 0 Å². The fraction of sp³-hybridized carbons (Fsp3) is 0.190. The molecule has 0 unspecified atom stereocenters. The van der Waals surface area contributed by atoms with Gasteiger partial charge in [-0.3, -0.25) is 0 Å². The average molecular weight is 428 g/mol. The molecule has 0 fully saturated rings. The number of halogens is 3. The summed E-state index contributed by atoms with van der Waals surface area (Å²) in [6.45, 7) is 6.72. The van der Waals surface area contributed by atoms with Crippen molar-refractivity contribution < 1.29 is 58.9 Å². The molecule has 3 rings (SSSR count). The van der Waals surface area contributed by atoms with Gasteiger partial charge in [0.2, 0.25) is 0 Å². The largest absolute Gasteiger partial charge is 4.00 e. The zero-order chi connectivity index (χ0) is 14.9. The second kappa shape index (κ2) is 11.2. The van der Waals surface area contributed by atoms with Crippen molar-refractivity contribution >= 4 is 0 Å². The Morgan fingerprint density at radius 3 is 1.44 bits per heavy atom. The average Bonchev–Trinajstić information content (AvgIpc) is 2.87. The maximum absolute atomic E-state index is 2.33. The summed E-state index contributed by atoms with van der Waals surface area (Å²) < 4.78 is 0. The topological polar surface area (TPSA) is 0 Å². The normalized spacial score (nSPS) is 9.72. The summed E-state index contributed by atoms with van der Waals surface area (Å²) in [5.74, 6) is 0. The van der Waals surface area contributed by atoms with Crippen LogP contribution in [0.5, 0.6) is 0 Å². The predicted octanol–water partition coefficient (Wildman–Crippen LogP) is -3.61. The van der Waals surface area contributed by atoms with Gasteiger partial charge in [-0.05, 0) is 16.5 Å². The first-order valence-electron chi connectivity index (χ1n) is 7.48. The molecule has 3 aromatic rings. The molecule has 0 nitrogen and oxygen atoms in total. The minimum absolute atomic E-state index is 0.